The summed E-state index contributed by atoms with van der Waals surface area (Å²) in [5, 5.41) is 10.3. The second-order valence-electron chi connectivity index (χ2n) is 15.8. The number of benzene rings is 1. The minimum atomic E-state index is -0.771. The number of likely N-dealkylation sites (tertiary alicyclic amines) is 2. The SMILES string of the molecule is C=C[C@@H]1C(COc2c(C#N)ccnc2O[C@@H]2CC[C@@H](C)N(C(=O)c3ccc(OC)nc3-c3ncccn3)C2)C[C@@H](Oc2nccc(N)c2OC)CN1C(=O)c1c(F)cccc1-c1ncccn1. The van der Waals surface area contributed by atoms with Crippen LogP contribution in [0.4, 0.5) is 10.1 Å². The van der Waals surface area contributed by atoms with E-state index < -0.39 is 35.9 Å². The molecular formula is C48H46FN11O7. The monoisotopic (exact) mass is 907 g/mol. The summed E-state index contributed by atoms with van der Waals surface area (Å²) in [6.45, 7) is 6.08. The number of rotatable bonds is 14. The number of methoxy groups -OCH3 is 2. The zero-order valence-electron chi connectivity index (χ0n) is 36.9. The van der Waals surface area contributed by atoms with Gasteiger partial charge in [-0.1, -0.05) is 18.2 Å². The average Bonchev–Trinajstić information content (AvgIpc) is 3.36. The van der Waals surface area contributed by atoms with Crippen LogP contribution in [0.2, 0.25) is 0 Å². The molecule has 2 fully saturated rings. The lowest BCUT2D eigenvalue weighted by molar-refractivity contribution is 0.00931. The van der Waals surface area contributed by atoms with Gasteiger partial charge in [-0.25, -0.2) is 39.3 Å². The van der Waals surface area contributed by atoms with E-state index in [0.717, 1.165) is 0 Å². The van der Waals surface area contributed by atoms with Gasteiger partial charge in [-0.05, 0) is 62.6 Å². The number of carbonyl (C=O) groups is 2. The van der Waals surface area contributed by atoms with Crippen molar-refractivity contribution in [3.05, 3.63) is 127 Å². The van der Waals surface area contributed by atoms with Gasteiger partial charge in [-0.15, -0.1) is 6.58 Å². The Morgan fingerprint density at radius 3 is 2.21 bits per heavy atom. The summed E-state index contributed by atoms with van der Waals surface area (Å²) in [5.41, 5.74) is 7.14. The molecule has 1 aromatic carbocycles. The number of pyridine rings is 3. The standard InChI is InChI=1S/C48H46FN11O7/c1-5-37-30(23-32(67-46-42(64-4)36(51)16-22-57-46)26-60(37)48(62)39-33(9-6-10-35(39)49)43-52-17-7-18-53-43)27-65-41-29(24-50)15-21-56-45(41)66-31-12-11-28(2)59(25-31)47(61)34-13-14-38(63-3)58-40(34)44-54-19-8-20-55-44/h5-10,13-22,28,30-32,37H,1,11-12,23,25-27H2,2-4H3,(H2,51,57)/t28-,30?,31-,32-,37-/m1/s1. The topological polar surface area (TPSA) is 227 Å². The fourth-order valence-electron chi connectivity index (χ4n) is 8.35. The molecule has 0 saturated carbocycles. The zero-order chi connectivity index (χ0) is 47.0. The molecule has 6 aromatic rings. The molecule has 0 radical (unpaired) electrons. The summed E-state index contributed by atoms with van der Waals surface area (Å²) in [5.74, 6) is -1.19. The molecular weight excluding hydrogens is 862 g/mol. The third kappa shape index (κ3) is 9.59. The Bertz CT molecular complexity index is 2800. The number of ether oxygens (including phenoxy) is 5. The van der Waals surface area contributed by atoms with E-state index in [1.54, 1.807) is 59.8 Å². The molecule has 2 saturated heterocycles. The highest BCUT2D eigenvalue weighted by molar-refractivity contribution is 6.01. The lowest BCUT2D eigenvalue weighted by Gasteiger charge is -2.43. The number of nitrogens with two attached hydrogens (primary N) is 1. The molecule has 2 N–H and O–H groups in total. The molecule has 2 amide bonds. The number of anilines is 1. The van der Waals surface area contributed by atoms with Gasteiger partial charge in [0.15, 0.2) is 17.4 Å². The molecule has 2 aliphatic heterocycles. The van der Waals surface area contributed by atoms with Crippen LogP contribution in [0.15, 0.2) is 104 Å². The predicted octanol–water partition coefficient (Wildman–Crippen LogP) is 6.01. The normalized spacial score (nSPS) is 19.1. The molecule has 5 aromatic heterocycles. The van der Waals surface area contributed by atoms with E-state index in [4.69, 9.17) is 29.4 Å². The van der Waals surface area contributed by atoms with Gasteiger partial charge in [0.1, 0.15) is 35.4 Å². The summed E-state index contributed by atoms with van der Waals surface area (Å²) in [4.78, 5) is 62.9. The van der Waals surface area contributed by atoms with Crippen LogP contribution in [0.1, 0.15) is 52.5 Å². The molecule has 0 bridgehead atoms. The molecule has 19 heteroatoms. The number of hydrogen-bond donors (Lipinski definition) is 1. The van der Waals surface area contributed by atoms with Gasteiger partial charge in [0.05, 0.1) is 56.8 Å². The molecule has 8 rings (SSSR count). The molecule has 0 aliphatic carbocycles. The summed E-state index contributed by atoms with van der Waals surface area (Å²) < 4.78 is 46.3. The number of nitrogen functional groups attached to an aromatic ring is 1. The molecule has 7 heterocycles. The average molecular weight is 908 g/mol. The van der Waals surface area contributed by atoms with Crippen molar-refractivity contribution < 1.29 is 37.7 Å². The van der Waals surface area contributed by atoms with Gasteiger partial charge in [-0.3, -0.25) is 9.59 Å². The first kappa shape index (κ1) is 45.3. The highest BCUT2D eigenvalue weighted by Gasteiger charge is 2.41. The number of piperidine rings is 2. The number of nitrogens with zero attached hydrogens (tertiary/aromatic N) is 10. The largest absolute Gasteiger partial charge is 0.490 e. The Balaban J connectivity index is 1.07. The Morgan fingerprint density at radius 1 is 0.821 bits per heavy atom. The Kier molecular flexibility index (Phi) is 13.7. The summed E-state index contributed by atoms with van der Waals surface area (Å²) in [7, 11) is 2.92. The van der Waals surface area contributed by atoms with Crippen LogP contribution < -0.4 is 29.4 Å². The highest BCUT2D eigenvalue weighted by Crippen LogP contribution is 2.38. The van der Waals surface area contributed by atoms with Crippen LogP contribution >= 0.6 is 0 Å². The maximum atomic E-state index is 15.9. The second kappa shape index (κ2) is 20.3. The third-order valence-corrected chi connectivity index (χ3v) is 11.6. The van der Waals surface area contributed by atoms with E-state index in [2.05, 4.69) is 47.5 Å². The first-order chi connectivity index (χ1) is 32.6. The molecule has 342 valence electrons. The number of halogens is 1. The van der Waals surface area contributed by atoms with E-state index in [1.807, 2.05) is 6.92 Å². The van der Waals surface area contributed by atoms with Crippen LogP contribution in [0.25, 0.3) is 22.9 Å². The number of carbonyl (C=O) groups excluding carboxylic acids is 2. The van der Waals surface area contributed by atoms with Crippen LogP contribution in [-0.2, 0) is 0 Å². The van der Waals surface area contributed by atoms with Gasteiger partial charge in [0.25, 0.3) is 23.6 Å². The zero-order valence-corrected chi connectivity index (χ0v) is 36.9. The minimum Gasteiger partial charge on any atom is -0.490 e. The lowest BCUT2D eigenvalue weighted by atomic mass is 9.87. The molecule has 18 nitrogen and oxygen atoms in total. The number of amides is 2. The second-order valence-corrected chi connectivity index (χ2v) is 15.8. The molecule has 5 atom stereocenters. The fourth-order valence-corrected chi connectivity index (χ4v) is 8.35. The summed E-state index contributed by atoms with van der Waals surface area (Å²) in [6, 6.07) is 15.1. The van der Waals surface area contributed by atoms with Crippen molar-refractivity contribution in [3.63, 3.8) is 0 Å². The van der Waals surface area contributed by atoms with E-state index in [0.29, 0.717) is 18.7 Å². The fraction of sp³-hybridized carbons (Fsp3) is 0.292. The maximum Gasteiger partial charge on any atom is 0.259 e. The highest BCUT2D eigenvalue weighted by atomic mass is 19.1. The van der Waals surface area contributed by atoms with Crippen LogP contribution in [-0.4, -0.2) is 115 Å². The quantitative estimate of drug-likeness (QED) is 0.123. The van der Waals surface area contributed by atoms with Crippen molar-refractivity contribution in [1.82, 2.24) is 44.7 Å². The van der Waals surface area contributed by atoms with Crippen molar-refractivity contribution in [2.24, 2.45) is 5.92 Å². The first-order valence-electron chi connectivity index (χ1n) is 21.4. The van der Waals surface area contributed by atoms with Crippen molar-refractivity contribution in [1.29, 1.82) is 5.26 Å². The molecule has 2 aliphatic rings. The van der Waals surface area contributed by atoms with Crippen molar-refractivity contribution >= 4 is 17.5 Å². The number of hydrogen-bond acceptors (Lipinski definition) is 16. The Hall–Kier alpha value is -8.27. The number of nitriles is 1. The van der Waals surface area contributed by atoms with Crippen LogP contribution in [0.3, 0.4) is 0 Å². The Labute approximate surface area is 385 Å². The van der Waals surface area contributed by atoms with Gasteiger partial charge < -0.3 is 39.2 Å². The van der Waals surface area contributed by atoms with Crippen LogP contribution in [0, 0.1) is 23.1 Å². The number of aromatic nitrogens is 7. The smallest absolute Gasteiger partial charge is 0.259 e. The van der Waals surface area contributed by atoms with Gasteiger partial charge in [0.2, 0.25) is 11.6 Å². The van der Waals surface area contributed by atoms with E-state index in [1.165, 1.54) is 62.1 Å². The Morgan fingerprint density at radius 2 is 1.51 bits per heavy atom. The summed E-state index contributed by atoms with van der Waals surface area (Å²) in [6.07, 6.45) is 10.8. The van der Waals surface area contributed by atoms with Crippen molar-refractivity contribution in [3.8, 4) is 58.1 Å². The predicted molar refractivity (Wildman–Crippen MR) is 241 cm³/mol. The molecule has 1 unspecified atom stereocenters. The van der Waals surface area contributed by atoms with Gasteiger partial charge in [0, 0.05) is 60.8 Å². The van der Waals surface area contributed by atoms with Crippen molar-refractivity contribution in [2.75, 3.05) is 39.6 Å². The van der Waals surface area contributed by atoms with E-state index >= 15 is 4.39 Å². The third-order valence-electron chi connectivity index (χ3n) is 11.6. The lowest BCUT2D eigenvalue weighted by Crippen LogP contribution is -2.55. The van der Waals surface area contributed by atoms with Gasteiger partial charge >= 0.3 is 0 Å². The molecule has 67 heavy (non-hydrogen) atoms. The summed E-state index contributed by atoms with van der Waals surface area (Å²) >= 11 is 0. The molecule has 0 spiro atoms. The van der Waals surface area contributed by atoms with Gasteiger partial charge in [-0.2, -0.15) is 5.26 Å². The van der Waals surface area contributed by atoms with Crippen molar-refractivity contribution in [2.45, 2.75) is 50.5 Å². The van der Waals surface area contributed by atoms with E-state index in [-0.39, 0.29) is 107 Å². The first-order valence-corrected chi connectivity index (χ1v) is 21.4. The minimum absolute atomic E-state index is 0.0262. The maximum absolute atomic E-state index is 15.9. The van der Waals surface area contributed by atoms with E-state index in [9.17, 15) is 14.9 Å². The van der Waals surface area contributed by atoms with Crippen LogP contribution in [0.5, 0.6) is 29.1 Å².